The molecule has 27 heavy (non-hydrogen) atoms. The first-order valence-corrected chi connectivity index (χ1v) is 9.22. The number of likely N-dealkylation sites (tertiary alicyclic amines) is 1. The molecule has 0 aliphatic carbocycles. The summed E-state index contributed by atoms with van der Waals surface area (Å²) in [6.07, 6.45) is 0.330. The van der Waals surface area contributed by atoms with Gasteiger partial charge in [0.15, 0.2) is 0 Å². The molecule has 1 fully saturated rings. The molecule has 0 bridgehead atoms. The SMILES string of the molecule is Cc1ccccc1NC(=O)Oc1ccc2c(c1)[C@]1(C)CC[N+](C)(O)[C@@H]1N2C. The lowest BCUT2D eigenvalue weighted by Crippen LogP contribution is -2.56. The zero-order valence-corrected chi connectivity index (χ0v) is 16.2. The summed E-state index contributed by atoms with van der Waals surface area (Å²) >= 11 is 0. The summed E-state index contributed by atoms with van der Waals surface area (Å²) in [6.45, 7) is 4.81. The maximum absolute atomic E-state index is 12.3. The Labute approximate surface area is 159 Å². The smallest absolute Gasteiger partial charge is 0.410 e. The van der Waals surface area contributed by atoms with Crippen LogP contribution in [0.15, 0.2) is 42.5 Å². The van der Waals surface area contributed by atoms with Crippen LogP contribution < -0.4 is 15.0 Å². The summed E-state index contributed by atoms with van der Waals surface area (Å²) in [6, 6.07) is 13.3. The predicted molar refractivity (Wildman–Crippen MR) is 104 cm³/mol. The molecule has 6 nitrogen and oxygen atoms in total. The van der Waals surface area contributed by atoms with E-state index in [1.54, 1.807) is 6.07 Å². The molecule has 142 valence electrons. The van der Waals surface area contributed by atoms with Crippen LogP contribution in [0.4, 0.5) is 16.2 Å². The summed E-state index contributed by atoms with van der Waals surface area (Å²) < 4.78 is 5.52. The molecule has 2 N–H and O–H groups in total. The van der Waals surface area contributed by atoms with E-state index in [9.17, 15) is 10.0 Å². The van der Waals surface area contributed by atoms with E-state index in [4.69, 9.17) is 4.74 Å². The van der Waals surface area contributed by atoms with Crippen molar-refractivity contribution in [1.82, 2.24) is 0 Å². The van der Waals surface area contributed by atoms with Gasteiger partial charge in [0, 0.05) is 24.8 Å². The number of ether oxygens (including phenoxy) is 1. The number of amides is 1. The molecule has 4 rings (SSSR count). The summed E-state index contributed by atoms with van der Waals surface area (Å²) in [4.78, 5) is 14.5. The lowest BCUT2D eigenvalue weighted by atomic mass is 9.81. The number of benzene rings is 2. The molecule has 2 aliphatic heterocycles. The average molecular weight is 368 g/mol. The standard InChI is InChI=1S/C21H25N3O3/c1-14-7-5-6-8-17(14)22-20(25)27-15-9-10-18-16(13-15)21(2)11-12-24(4,26)19(21)23(18)3/h5-10,13,19,26H,11-12H2,1-4H3/p+1/t19-,21-,24?/m0/s1. The maximum Gasteiger partial charge on any atom is 0.417 e. The highest BCUT2D eigenvalue weighted by atomic mass is 16.6. The minimum atomic E-state index is -0.508. The number of hydrogen-bond donors (Lipinski definition) is 2. The van der Waals surface area contributed by atoms with Crippen LogP contribution in [0.1, 0.15) is 24.5 Å². The Kier molecular flexibility index (Phi) is 3.94. The molecule has 0 aromatic heterocycles. The van der Waals surface area contributed by atoms with E-state index < -0.39 is 6.09 Å². The van der Waals surface area contributed by atoms with Crippen LogP contribution in [-0.4, -0.2) is 42.8 Å². The van der Waals surface area contributed by atoms with Crippen LogP contribution in [0.2, 0.25) is 0 Å². The molecule has 2 aromatic rings. The number of nitrogens with zero attached hydrogens (tertiary/aromatic N) is 2. The van der Waals surface area contributed by atoms with E-state index in [1.807, 2.05) is 57.4 Å². The van der Waals surface area contributed by atoms with Crippen LogP contribution in [0, 0.1) is 6.92 Å². The Morgan fingerprint density at radius 1 is 1.33 bits per heavy atom. The van der Waals surface area contributed by atoms with Gasteiger partial charge in [0.1, 0.15) is 19.3 Å². The molecule has 3 atom stereocenters. The van der Waals surface area contributed by atoms with Crippen LogP contribution in [0.25, 0.3) is 0 Å². The number of aryl methyl sites for hydroxylation is 1. The molecule has 1 saturated heterocycles. The fourth-order valence-electron chi connectivity index (χ4n) is 4.83. The molecular formula is C21H26N3O3+. The van der Waals surface area contributed by atoms with E-state index in [1.165, 1.54) is 0 Å². The highest BCUT2D eigenvalue weighted by Crippen LogP contribution is 2.53. The maximum atomic E-state index is 12.3. The molecule has 1 unspecified atom stereocenters. The molecule has 2 heterocycles. The number of rotatable bonds is 2. The van der Waals surface area contributed by atoms with E-state index in [-0.39, 0.29) is 16.2 Å². The summed E-state index contributed by atoms with van der Waals surface area (Å²) in [5.74, 6) is 0.508. The van der Waals surface area contributed by atoms with E-state index in [0.29, 0.717) is 12.3 Å². The lowest BCUT2D eigenvalue weighted by molar-refractivity contribution is -1.10. The number of nitrogens with one attached hydrogen (secondary N) is 1. The van der Waals surface area contributed by atoms with Gasteiger partial charge in [-0.2, -0.15) is 4.65 Å². The monoisotopic (exact) mass is 368 g/mol. The Bertz CT molecular complexity index is 911. The molecule has 1 amide bonds. The van der Waals surface area contributed by atoms with Crippen LogP contribution in [0.3, 0.4) is 0 Å². The molecule has 0 spiro atoms. The zero-order valence-electron chi connectivity index (χ0n) is 16.2. The van der Waals surface area contributed by atoms with Crippen molar-refractivity contribution in [2.75, 3.05) is 30.9 Å². The number of anilines is 2. The zero-order chi connectivity index (χ0) is 19.4. The second-order valence-electron chi connectivity index (χ2n) is 8.10. The van der Waals surface area contributed by atoms with Crippen molar-refractivity contribution in [1.29, 1.82) is 0 Å². The van der Waals surface area contributed by atoms with Gasteiger partial charge in [-0.3, -0.25) is 5.32 Å². The Balaban J connectivity index is 1.58. The minimum absolute atomic E-state index is 0.0222. The quantitative estimate of drug-likeness (QED) is 0.790. The van der Waals surface area contributed by atoms with Crippen molar-refractivity contribution >= 4 is 17.5 Å². The number of quaternary nitrogens is 1. The first-order chi connectivity index (χ1) is 12.7. The third-order valence-corrected chi connectivity index (χ3v) is 6.10. The number of likely N-dealkylation sites (N-methyl/N-ethyl adjacent to an activating group) is 2. The van der Waals surface area contributed by atoms with Crippen molar-refractivity contribution in [3.63, 3.8) is 0 Å². The third-order valence-electron chi connectivity index (χ3n) is 6.10. The van der Waals surface area contributed by atoms with E-state index in [2.05, 4.69) is 17.1 Å². The minimum Gasteiger partial charge on any atom is -0.410 e. The van der Waals surface area contributed by atoms with Crippen molar-refractivity contribution in [3.8, 4) is 5.75 Å². The normalized spacial score (nSPS) is 28.6. The molecule has 6 heteroatoms. The van der Waals surface area contributed by atoms with Gasteiger partial charge in [0.25, 0.3) is 0 Å². The van der Waals surface area contributed by atoms with Gasteiger partial charge in [0.2, 0.25) is 6.17 Å². The van der Waals surface area contributed by atoms with Crippen LogP contribution >= 0.6 is 0 Å². The molecule has 2 aromatic carbocycles. The first-order valence-electron chi connectivity index (χ1n) is 9.22. The highest BCUT2D eigenvalue weighted by molar-refractivity contribution is 5.87. The molecule has 2 aliphatic rings. The third kappa shape index (κ3) is 2.76. The number of carbonyl (C=O) groups excluding carboxylic acids is 1. The van der Waals surface area contributed by atoms with Gasteiger partial charge in [-0.25, -0.2) is 10.0 Å². The highest BCUT2D eigenvalue weighted by Gasteiger charge is 2.61. The largest absolute Gasteiger partial charge is 0.417 e. The van der Waals surface area contributed by atoms with E-state index in [0.717, 1.165) is 28.9 Å². The van der Waals surface area contributed by atoms with Gasteiger partial charge in [-0.15, -0.1) is 0 Å². The Morgan fingerprint density at radius 3 is 2.81 bits per heavy atom. The lowest BCUT2D eigenvalue weighted by Gasteiger charge is -2.34. The van der Waals surface area contributed by atoms with Crippen molar-refractivity contribution in [2.24, 2.45) is 0 Å². The summed E-state index contributed by atoms with van der Waals surface area (Å²) in [5, 5.41) is 13.6. The predicted octanol–water partition coefficient (Wildman–Crippen LogP) is 3.88. The van der Waals surface area contributed by atoms with Gasteiger partial charge < -0.3 is 9.64 Å². The number of fused-ring (bicyclic) bond motifs is 3. The van der Waals surface area contributed by atoms with E-state index >= 15 is 0 Å². The topological polar surface area (TPSA) is 61.8 Å². The second kappa shape index (κ2) is 5.97. The van der Waals surface area contributed by atoms with Crippen LogP contribution in [-0.2, 0) is 5.41 Å². The van der Waals surface area contributed by atoms with Crippen LogP contribution in [0.5, 0.6) is 5.75 Å². The van der Waals surface area contributed by atoms with Gasteiger partial charge in [-0.1, -0.05) is 18.2 Å². The van der Waals surface area contributed by atoms with Gasteiger partial charge in [-0.05, 0) is 49.2 Å². The first kappa shape index (κ1) is 17.8. The Hall–Kier alpha value is -2.57. The number of carbonyl (C=O) groups is 1. The van der Waals surface area contributed by atoms with Gasteiger partial charge >= 0.3 is 6.09 Å². The average Bonchev–Trinajstić information content (AvgIpc) is 2.99. The second-order valence-corrected chi connectivity index (χ2v) is 8.10. The van der Waals surface area contributed by atoms with Crippen molar-refractivity contribution < 1.29 is 19.4 Å². The van der Waals surface area contributed by atoms with Gasteiger partial charge in [0.05, 0.1) is 5.41 Å². The van der Waals surface area contributed by atoms with Crippen molar-refractivity contribution in [3.05, 3.63) is 53.6 Å². The Morgan fingerprint density at radius 2 is 2.07 bits per heavy atom. The fourth-order valence-corrected chi connectivity index (χ4v) is 4.83. The molecule has 0 radical (unpaired) electrons. The number of para-hydroxylation sites is 1. The number of hydrogen-bond acceptors (Lipinski definition) is 4. The van der Waals surface area contributed by atoms with Crippen molar-refractivity contribution in [2.45, 2.75) is 31.8 Å². The summed E-state index contributed by atoms with van der Waals surface area (Å²) in [7, 11) is 3.86. The molecular weight excluding hydrogens is 342 g/mol. The molecule has 0 saturated carbocycles. The number of hydroxylamine groups is 3. The fraction of sp³-hybridized carbons (Fsp3) is 0.381. The summed E-state index contributed by atoms with van der Waals surface area (Å²) in [5.41, 5.74) is 3.73.